The number of aromatic nitrogens is 3. The number of hydrogen-bond donors (Lipinski definition) is 0. The fraction of sp³-hybridized carbons (Fsp3) is 0.871. The monoisotopic (exact) mass is 525 g/mol. The molecular weight excluding hydrogens is 470 g/mol. The van der Waals surface area contributed by atoms with Crippen LogP contribution in [0.15, 0.2) is 4.99 Å². The molecule has 0 atom stereocenters. The second kappa shape index (κ2) is 9.05. The Balaban J connectivity index is 1.98. The summed E-state index contributed by atoms with van der Waals surface area (Å²) in [6.07, 6.45) is 8.80. The van der Waals surface area contributed by atoms with E-state index in [0.29, 0.717) is 0 Å². The van der Waals surface area contributed by atoms with Crippen LogP contribution in [0.25, 0.3) is 0 Å². The van der Waals surface area contributed by atoms with Crippen LogP contribution in [-0.4, -0.2) is 60.9 Å². The molecule has 3 aliphatic heterocycles. The highest BCUT2D eigenvalue weighted by Gasteiger charge is 2.50. The lowest BCUT2D eigenvalue weighted by atomic mass is 9.77. The van der Waals surface area contributed by atoms with E-state index in [9.17, 15) is 0 Å². The summed E-state index contributed by atoms with van der Waals surface area (Å²) in [5.41, 5.74) is -0.539. The van der Waals surface area contributed by atoms with Gasteiger partial charge in [0.15, 0.2) is 0 Å². The lowest BCUT2D eigenvalue weighted by Gasteiger charge is -2.56. The maximum absolute atomic E-state index is 5.36. The van der Waals surface area contributed by atoms with Crippen LogP contribution in [-0.2, 0) is 0 Å². The normalized spacial score (nSPS) is 27.7. The summed E-state index contributed by atoms with van der Waals surface area (Å²) in [6, 6.07) is 0.233. The van der Waals surface area contributed by atoms with Gasteiger partial charge in [-0.25, -0.2) is 0 Å². The predicted molar refractivity (Wildman–Crippen MR) is 162 cm³/mol. The molecule has 7 heteroatoms. The Bertz CT molecular complexity index is 946. The molecule has 0 N–H and O–H groups in total. The van der Waals surface area contributed by atoms with Gasteiger partial charge >= 0.3 is 0 Å². The van der Waals surface area contributed by atoms with Gasteiger partial charge in [-0.1, -0.05) is 0 Å². The van der Waals surface area contributed by atoms with Gasteiger partial charge in [-0.15, -0.1) is 0 Å². The summed E-state index contributed by atoms with van der Waals surface area (Å²) in [5.74, 6) is 2.41. The van der Waals surface area contributed by atoms with Gasteiger partial charge in [-0.2, -0.15) is 15.0 Å². The Kier molecular flexibility index (Phi) is 6.93. The van der Waals surface area contributed by atoms with E-state index in [4.69, 9.17) is 15.0 Å². The van der Waals surface area contributed by atoms with Crippen molar-refractivity contribution in [3.8, 4) is 0 Å². The maximum atomic E-state index is 5.36. The molecule has 0 saturated carbocycles. The van der Waals surface area contributed by atoms with Crippen LogP contribution in [0.5, 0.6) is 0 Å². The van der Waals surface area contributed by atoms with E-state index in [1.54, 1.807) is 0 Å². The Morgan fingerprint density at radius 2 is 0.789 bits per heavy atom. The molecule has 3 fully saturated rings. The zero-order valence-electron chi connectivity index (χ0n) is 26.6. The molecule has 3 saturated heterocycles. The first-order valence-corrected chi connectivity index (χ1v) is 14.9. The predicted octanol–water partition coefficient (Wildman–Crippen LogP) is 7.19. The molecule has 7 nitrogen and oxygen atoms in total. The second-order valence-corrected chi connectivity index (χ2v) is 16.1. The third-order valence-electron chi connectivity index (χ3n) is 9.71. The number of piperidine rings is 3. The zero-order valence-corrected chi connectivity index (χ0v) is 26.6. The van der Waals surface area contributed by atoms with Crippen LogP contribution >= 0.6 is 0 Å². The van der Waals surface area contributed by atoms with E-state index in [1.807, 2.05) is 0 Å². The van der Waals surface area contributed by atoms with E-state index in [2.05, 4.69) is 109 Å². The van der Waals surface area contributed by atoms with Crippen molar-refractivity contribution in [3.05, 3.63) is 0 Å². The molecule has 0 amide bonds. The van der Waals surface area contributed by atoms with Crippen molar-refractivity contribution in [2.24, 2.45) is 4.99 Å². The Labute approximate surface area is 232 Å². The van der Waals surface area contributed by atoms with Crippen molar-refractivity contribution in [1.29, 1.82) is 0 Å². The molecule has 0 aliphatic carbocycles. The fourth-order valence-corrected chi connectivity index (χ4v) is 8.62. The minimum absolute atomic E-state index is 0.0463. The average Bonchev–Trinajstić information content (AvgIpc) is 2.68. The number of rotatable bonds is 4. The van der Waals surface area contributed by atoms with Gasteiger partial charge < -0.3 is 14.7 Å². The molecule has 214 valence electrons. The quantitative estimate of drug-likeness (QED) is 0.388. The highest BCUT2D eigenvalue weighted by Crippen LogP contribution is 2.47. The summed E-state index contributed by atoms with van der Waals surface area (Å²) >= 11 is 0. The van der Waals surface area contributed by atoms with Crippen molar-refractivity contribution >= 4 is 24.6 Å². The van der Waals surface area contributed by atoms with Gasteiger partial charge in [0.1, 0.15) is 0 Å². The standard InChI is InChI=1S/C31H55N7/c1-26(2)16-14-17-27(3,4)36(26)23-33-24(37-28(5,6)18-15-19-29(37,7)8)35-25(34-23)38-30(9,10)20-22(32-13)21-31(38,11)12/h22H,13-21H2,1-12H3. The number of aliphatic imine (C=N–C) groups is 1. The number of nitrogens with zero attached hydrogens (tertiary/aromatic N) is 7. The molecule has 0 spiro atoms. The van der Waals surface area contributed by atoms with Gasteiger partial charge in [0, 0.05) is 33.2 Å². The summed E-state index contributed by atoms with van der Waals surface area (Å²) in [5, 5.41) is 0. The first-order chi connectivity index (χ1) is 17.2. The van der Waals surface area contributed by atoms with Crippen molar-refractivity contribution in [1.82, 2.24) is 15.0 Å². The fourth-order valence-electron chi connectivity index (χ4n) is 8.62. The third-order valence-corrected chi connectivity index (χ3v) is 9.71. The first kappa shape index (κ1) is 29.1. The maximum Gasteiger partial charge on any atom is 0.232 e. The lowest BCUT2D eigenvalue weighted by Crippen LogP contribution is -2.63. The molecule has 0 aromatic carbocycles. The third kappa shape index (κ3) is 5.03. The molecule has 4 heterocycles. The molecule has 0 unspecified atom stereocenters. The molecule has 0 radical (unpaired) electrons. The van der Waals surface area contributed by atoms with E-state index in [1.165, 1.54) is 12.8 Å². The SMILES string of the molecule is C=NC1CC(C)(C)N(c2nc(N3C(C)(C)CCCC3(C)C)nc(N3C(C)(C)CCCC3(C)C)n2)C(C)(C)C1. The van der Waals surface area contributed by atoms with Crippen LogP contribution < -0.4 is 14.7 Å². The zero-order chi connectivity index (χ0) is 28.5. The Morgan fingerprint density at radius 1 is 0.526 bits per heavy atom. The largest absolute Gasteiger partial charge is 0.330 e. The first-order valence-electron chi connectivity index (χ1n) is 14.9. The van der Waals surface area contributed by atoms with E-state index >= 15 is 0 Å². The second-order valence-electron chi connectivity index (χ2n) is 16.1. The Hall–Kier alpha value is -1.92. The number of hydrogen-bond acceptors (Lipinski definition) is 7. The van der Waals surface area contributed by atoms with Crippen LogP contribution in [0.4, 0.5) is 17.8 Å². The summed E-state index contributed by atoms with van der Waals surface area (Å²) in [4.78, 5) is 28.0. The van der Waals surface area contributed by atoms with Crippen molar-refractivity contribution < 1.29 is 0 Å². The molecule has 3 aliphatic rings. The molecule has 1 aromatic rings. The molecular formula is C31H55N7. The van der Waals surface area contributed by atoms with E-state index in [0.717, 1.165) is 56.4 Å². The van der Waals surface area contributed by atoms with Crippen LogP contribution in [0.1, 0.15) is 134 Å². The highest BCUT2D eigenvalue weighted by molar-refractivity contribution is 5.54. The average molecular weight is 526 g/mol. The molecule has 1 aromatic heterocycles. The molecule has 4 rings (SSSR count). The topological polar surface area (TPSA) is 60.8 Å². The van der Waals surface area contributed by atoms with Crippen molar-refractivity contribution in [2.45, 2.75) is 174 Å². The Morgan fingerprint density at radius 3 is 1.05 bits per heavy atom. The van der Waals surface area contributed by atoms with E-state index in [-0.39, 0.29) is 39.3 Å². The minimum atomic E-state index is -0.177. The highest BCUT2D eigenvalue weighted by atomic mass is 15.5. The lowest BCUT2D eigenvalue weighted by molar-refractivity contribution is 0.214. The molecule has 0 bridgehead atoms. The summed E-state index contributed by atoms with van der Waals surface area (Å²) in [6.45, 7) is 31.9. The van der Waals surface area contributed by atoms with Gasteiger partial charge in [0.25, 0.3) is 0 Å². The van der Waals surface area contributed by atoms with Crippen LogP contribution in [0, 0.1) is 0 Å². The summed E-state index contributed by atoms with van der Waals surface area (Å²) < 4.78 is 0. The van der Waals surface area contributed by atoms with Crippen molar-refractivity contribution in [2.75, 3.05) is 14.7 Å². The van der Waals surface area contributed by atoms with Gasteiger partial charge in [-0.3, -0.25) is 4.99 Å². The van der Waals surface area contributed by atoms with Crippen LogP contribution in [0.3, 0.4) is 0 Å². The smallest absolute Gasteiger partial charge is 0.232 e. The molecule has 38 heavy (non-hydrogen) atoms. The van der Waals surface area contributed by atoms with Crippen molar-refractivity contribution in [3.63, 3.8) is 0 Å². The minimum Gasteiger partial charge on any atom is -0.330 e. The van der Waals surface area contributed by atoms with Gasteiger partial charge in [-0.05, 0) is 141 Å². The summed E-state index contributed by atoms with van der Waals surface area (Å²) in [7, 11) is 0. The van der Waals surface area contributed by atoms with Gasteiger partial charge in [0.05, 0.1) is 6.04 Å². The van der Waals surface area contributed by atoms with E-state index < -0.39 is 0 Å². The number of anilines is 3. The van der Waals surface area contributed by atoms with Gasteiger partial charge in [0.2, 0.25) is 17.8 Å². The van der Waals surface area contributed by atoms with Crippen LogP contribution in [0.2, 0.25) is 0 Å².